The summed E-state index contributed by atoms with van der Waals surface area (Å²) in [5, 5.41) is 1.11. The molecular formula is C11H20O2Si. The average molecular weight is 212 g/mol. The second-order valence-corrected chi connectivity index (χ2v) is 10.0. The molecule has 0 unspecified atom stereocenters. The predicted molar refractivity (Wildman–Crippen MR) is 61.4 cm³/mol. The highest BCUT2D eigenvalue weighted by Gasteiger charge is 2.33. The molecule has 1 aliphatic heterocycles. The van der Waals surface area contributed by atoms with Gasteiger partial charge in [-0.3, -0.25) is 0 Å². The van der Waals surface area contributed by atoms with Gasteiger partial charge in [-0.05, 0) is 13.0 Å². The van der Waals surface area contributed by atoms with Crippen molar-refractivity contribution in [3.63, 3.8) is 0 Å². The van der Waals surface area contributed by atoms with Crippen molar-refractivity contribution in [1.82, 2.24) is 0 Å². The zero-order valence-corrected chi connectivity index (χ0v) is 11.0. The Kier molecular flexibility index (Phi) is 2.81. The molecule has 0 atom stereocenters. The number of hydrogen-bond donors (Lipinski definition) is 0. The molecule has 1 aliphatic rings. The van der Waals surface area contributed by atoms with Crippen molar-refractivity contribution in [2.75, 3.05) is 0 Å². The molecule has 0 spiro atoms. The summed E-state index contributed by atoms with van der Waals surface area (Å²) in [4.78, 5) is 0. The standard InChI is InChI=1S/C11H20O2Si/c1-7-9-8-10(14(4,5)6)13-11(2,3)12-9/h7-8H,1-6H3/b9-7+. The van der Waals surface area contributed by atoms with E-state index in [-0.39, 0.29) is 0 Å². The maximum Gasteiger partial charge on any atom is 0.244 e. The Morgan fingerprint density at radius 1 is 1.21 bits per heavy atom. The van der Waals surface area contributed by atoms with E-state index >= 15 is 0 Å². The Bertz CT molecular complexity index is 282. The Morgan fingerprint density at radius 2 is 1.79 bits per heavy atom. The van der Waals surface area contributed by atoms with Gasteiger partial charge in [0.15, 0.2) is 0 Å². The van der Waals surface area contributed by atoms with Gasteiger partial charge >= 0.3 is 0 Å². The van der Waals surface area contributed by atoms with Gasteiger partial charge in [0.25, 0.3) is 0 Å². The molecule has 3 heteroatoms. The van der Waals surface area contributed by atoms with Crippen molar-refractivity contribution in [2.45, 2.75) is 46.2 Å². The molecule has 80 valence electrons. The van der Waals surface area contributed by atoms with Crippen LogP contribution in [0.15, 0.2) is 23.3 Å². The Labute approximate surface area is 87.6 Å². The lowest BCUT2D eigenvalue weighted by Crippen LogP contribution is -2.38. The molecule has 0 bridgehead atoms. The van der Waals surface area contributed by atoms with Crippen LogP contribution in [0.25, 0.3) is 0 Å². The molecule has 0 aromatic carbocycles. The topological polar surface area (TPSA) is 18.5 Å². The van der Waals surface area contributed by atoms with E-state index < -0.39 is 13.9 Å². The van der Waals surface area contributed by atoms with E-state index in [1.165, 1.54) is 0 Å². The highest BCUT2D eigenvalue weighted by Crippen LogP contribution is 2.31. The van der Waals surface area contributed by atoms with Crippen LogP contribution in [0.2, 0.25) is 19.6 Å². The van der Waals surface area contributed by atoms with E-state index in [1.54, 1.807) is 0 Å². The van der Waals surface area contributed by atoms with Crippen molar-refractivity contribution in [1.29, 1.82) is 0 Å². The Morgan fingerprint density at radius 3 is 2.21 bits per heavy atom. The average Bonchev–Trinajstić information content (AvgIpc) is 1.99. The van der Waals surface area contributed by atoms with Crippen LogP contribution in [-0.4, -0.2) is 13.9 Å². The van der Waals surface area contributed by atoms with Gasteiger partial charge in [-0.15, -0.1) is 0 Å². The van der Waals surface area contributed by atoms with E-state index in [9.17, 15) is 0 Å². The third-order valence-electron chi connectivity index (χ3n) is 2.02. The zero-order valence-electron chi connectivity index (χ0n) is 9.97. The largest absolute Gasteiger partial charge is 0.462 e. The lowest BCUT2D eigenvalue weighted by Gasteiger charge is -2.37. The van der Waals surface area contributed by atoms with E-state index in [2.05, 4.69) is 19.6 Å². The number of hydrogen-bond acceptors (Lipinski definition) is 2. The molecule has 0 aromatic heterocycles. The summed E-state index contributed by atoms with van der Waals surface area (Å²) < 4.78 is 11.5. The van der Waals surface area contributed by atoms with Gasteiger partial charge in [-0.25, -0.2) is 0 Å². The molecule has 0 fully saturated rings. The summed E-state index contributed by atoms with van der Waals surface area (Å²) in [6.07, 6.45) is 4.00. The van der Waals surface area contributed by atoms with E-state index in [1.807, 2.05) is 32.9 Å². The van der Waals surface area contributed by atoms with Crippen LogP contribution in [0.3, 0.4) is 0 Å². The second-order valence-electron chi connectivity index (χ2n) is 5.05. The fourth-order valence-electron chi connectivity index (χ4n) is 1.27. The Balaban J connectivity index is 3.03. The molecule has 14 heavy (non-hydrogen) atoms. The molecule has 1 rings (SSSR count). The molecule has 0 N–H and O–H groups in total. The quantitative estimate of drug-likeness (QED) is 0.620. The summed E-state index contributed by atoms with van der Waals surface area (Å²) in [5.41, 5.74) is 0. The second kappa shape index (κ2) is 3.46. The highest BCUT2D eigenvalue weighted by molar-refractivity contribution is 6.82. The summed E-state index contributed by atoms with van der Waals surface area (Å²) in [6.45, 7) is 12.7. The van der Waals surface area contributed by atoms with Gasteiger partial charge in [-0.1, -0.05) is 19.6 Å². The number of ether oxygens (including phenoxy) is 2. The van der Waals surface area contributed by atoms with Crippen LogP contribution >= 0.6 is 0 Å². The van der Waals surface area contributed by atoms with Crippen LogP contribution in [-0.2, 0) is 9.47 Å². The van der Waals surface area contributed by atoms with E-state index in [4.69, 9.17) is 9.47 Å². The molecule has 0 saturated heterocycles. The van der Waals surface area contributed by atoms with Crippen molar-refractivity contribution in [3.8, 4) is 0 Å². The van der Waals surface area contributed by atoms with Crippen molar-refractivity contribution in [3.05, 3.63) is 23.3 Å². The molecule has 0 radical (unpaired) electrons. The van der Waals surface area contributed by atoms with Crippen LogP contribution in [0.5, 0.6) is 0 Å². The minimum atomic E-state index is -1.39. The molecule has 0 saturated carbocycles. The van der Waals surface area contributed by atoms with Gasteiger partial charge < -0.3 is 9.47 Å². The predicted octanol–water partition coefficient (Wildman–Crippen LogP) is 3.43. The molecule has 0 aliphatic carbocycles. The third-order valence-corrected chi connectivity index (χ3v) is 3.74. The van der Waals surface area contributed by atoms with Crippen LogP contribution < -0.4 is 0 Å². The molecule has 1 heterocycles. The van der Waals surface area contributed by atoms with Crippen molar-refractivity contribution >= 4 is 8.07 Å². The SMILES string of the molecule is C/C=C1\C=C([Si](C)(C)C)OC(C)(C)O1. The van der Waals surface area contributed by atoms with Gasteiger partial charge in [0.05, 0.1) is 5.38 Å². The number of rotatable bonds is 1. The molecule has 2 nitrogen and oxygen atoms in total. The molecule has 0 aromatic rings. The third kappa shape index (κ3) is 2.64. The first kappa shape index (κ1) is 11.4. The van der Waals surface area contributed by atoms with Gasteiger partial charge in [0.2, 0.25) is 5.79 Å². The lowest BCUT2D eigenvalue weighted by molar-refractivity contribution is -0.166. The van der Waals surface area contributed by atoms with Crippen LogP contribution in [0, 0.1) is 0 Å². The lowest BCUT2D eigenvalue weighted by atomic mass is 10.3. The highest BCUT2D eigenvalue weighted by atomic mass is 28.3. The fraction of sp³-hybridized carbons (Fsp3) is 0.636. The normalized spacial score (nSPS) is 23.9. The van der Waals surface area contributed by atoms with Crippen molar-refractivity contribution in [2.24, 2.45) is 0 Å². The van der Waals surface area contributed by atoms with Gasteiger partial charge in [0, 0.05) is 19.9 Å². The summed E-state index contributed by atoms with van der Waals surface area (Å²) in [7, 11) is -1.39. The molecule has 0 amide bonds. The number of allylic oxidation sites excluding steroid dienone is 2. The van der Waals surface area contributed by atoms with E-state index in [0.717, 1.165) is 11.1 Å². The Hall–Kier alpha value is -0.703. The first-order chi connectivity index (χ1) is 6.24. The monoisotopic (exact) mass is 212 g/mol. The minimum absolute atomic E-state index is 0.522. The molecular weight excluding hydrogens is 192 g/mol. The summed E-state index contributed by atoms with van der Waals surface area (Å²) in [6, 6.07) is 0. The minimum Gasteiger partial charge on any atom is -0.462 e. The summed E-state index contributed by atoms with van der Waals surface area (Å²) >= 11 is 0. The van der Waals surface area contributed by atoms with Gasteiger partial charge in [0.1, 0.15) is 13.8 Å². The van der Waals surface area contributed by atoms with Crippen molar-refractivity contribution < 1.29 is 9.47 Å². The maximum atomic E-state index is 5.83. The summed E-state index contributed by atoms with van der Waals surface area (Å²) in [5.74, 6) is 0.394. The van der Waals surface area contributed by atoms with E-state index in [0.29, 0.717) is 0 Å². The van der Waals surface area contributed by atoms with Crippen LogP contribution in [0.1, 0.15) is 20.8 Å². The first-order valence-corrected chi connectivity index (χ1v) is 8.51. The first-order valence-electron chi connectivity index (χ1n) is 5.01. The van der Waals surface area contributed by atoms with Gasteiger partial charge in [-0.2, -0.15) is 0 Å². The zero-order chi connectivity index (χ0) is 11.0. The smallest absolute Gasteiger partial charge is 0.244 e. The van der Waals surface area contributed by atoms with Crippen LogP contribution in [0.4, 0.5) is 0 Å². The fourth-order valence-corrected chi connectivity index (χ4v) is 2.40. The maximum absolute atomic E-state index is 5.83.